The van der Waals surface area contributed by atoms with Crippen LogP contribution in [-0.4, -0.2) is 144 Å². The van der Waals surface area contributed by atoms with Crippen molar-refractivity contribution in [3.63, 3.8) is 0 Å². The minimum atomic E-state index is -1.18. The average molecular weight is 1910 g/mol. The molecule has 6 atom stereocenters. The van der Waals surface area contributed by atoms with Gasteiger partial charge < -0.3 is 64.5 Å². The van der Waals surface area contributed by atoms with Crippen molar-refractivity contribution in [2.24, 2.45) is 0 Å². The number of hydrogen-bond donors (Lipinski definition) is 10. The molecule has 0 spiro atoms. The molecule has 6 unspecified atom stereocenters. The molecule has 0 amide bonds. The number of hydrogen-bond acceptors (Lipinski definition) is 25. The van der Waals surface area contributed by atoms with Crippen molar-refractivity contribution in [2.75, 3.05) is 79.2 Å². The zero-order valence-corrected chi connectivity index (χ0v) is 82.7. The number of benzene rings is 6. The lowest BCUT2D eigenvalue weighted by Gasteiger charge is -2.30. The Morgan fingerprint density at radius 3 is 1.03 bits per heavy atom. The van der Waals surface area contributed by atoms with E-state index in [4.69, 9.17) is 37.9 Å². The fourth-order valence-electron chi connectivity index (χ4n) is 18.5. The first-order valence-corrected chi connectivity index (χ1v) is 50.9. The van der Waals surface area contributed by atoms with E-state index < -0.39 is 10.8 Å². The number of nitrogens with one attached hydrogen (secondary N) is 10. The van der Waals surface area contributed by atoms with Crippen molar-refractivity contribution < 1.29 is 66.1 Å². The Hall–Kier alpha value is -13.7. The van der Waals surface area contributed by atoms with Crippen molar-refractivity contribution in [3.05, 3.63) is 300 Å². The van der Waals surface area contributed by atoms with Crippen LogP contribution in [0, 0.1) is 0 Å². The van der Waals surface area contributed by atoms with E-state index in [0.717, 1.165) is 224 Å². The molecule has 10 heterocycles. The van der Waals surface area contributed by atoms with Crippen LogP contribution in [-0.2, 0) is 65.1 Å². The highest BCUT2D eigenvalue weighted by Crippen LogP contribution is 2.52. The third-order valence-electron chi connectivity index (χ3n) is 24.5. The molecule has 728 valence electrons. The molecule has 10 N–H and O–H groups in total. The second-order valence-corrected chi connectivity index (χ2v) is 35.9. The number of esters is 5. The van der Waals surface area contributed by atoms with Gasteiger partial charge in [-0.05, 0) is 145 Å². The highest BCUT2D eigenvalue weighted by Gasteiger charge is 2.43. The molecule has 5 aromatic heterocycles. The molecule has 0 radical (unpaired) electrons. The number of ether oxygens (including phenoxy) is 8. The van der Waals surface area contributed by atoms with Crippen LogP contribution in [0.3, 0.4) is 0 Å². The Kier molecular flexibility index (Phi) is 37.2. The summed E-state index contributed by atoms with van der Waals surface area (Å²) in [4.78, 5) is 66.5. The summed E-state index contributed by atoms with van der Waals surface area (Å²) in [6.45, 7) is 22.3. The van der Waals surface area contributed by atoms with Crippen LogP contribution in [0.4, 0.5) is 29.1 Å². The lowest BCUT2D eigenvalue weighted by molar-refractivity contribution is -0.139. The molecule has 6 aromatic carbocycles. The number of nitrogens with zero attached hydrogens (tertiary/aromatic N) is 5. The number of allylic oxidation sites excluding steroid dienone is 5. The minimum absolute atomic E-state index is 0.181. The van der Waals surface area contributed by atoms with Crippen LogP contribution >= 0.6 is 11.8 Å². The average Bonchev–Trinajstić information content (AvgIpc) is 1.28. The summed E-state index contributed by atoms with van der Waals surface area (Å²) < 4.78 is 57.8. The SMILES string of the molecule is CCCC1=C(C(=O)OC)C(c2ccccc2OC2CCCC2)c2cn[nH]c2N1.CCCC1=C(C(=O)OCC)C(c2ccccc2OCc2ccccc2)c2cn[nH]c2N1.CCCC1=C(C(=O)OCC)C(c2ccccc2S(C)=O)c2cn[nH]c2N1.CCCC1=C(C(=O)OCC)C(c2ccccc2SC)c2cn[nH]c2N1.CCCCOc1ccccc1C1C(C(=O)OCC)=C(CCC)Nc2[nH]ncc21. The summed E-state index contributed by atoms with van der Waals surface area (Å²) in [6, 6.07) is 49.6. The van der Waals surface area contributed by atoms with Gasteiger partial charge in [0.15, 0.2) is 0 Å². The molecule has 11 aromatic rings. The predicted molar refractivity (Wildman–Crippen MR) is 539 cm³/mol. The van der Waals surface area contributed by atoms with Crippen molar-refractivity contribution in [2.45, 2.75) is 224 Å². The first-order chi connectivity index (χ1) is 67.4. The van der Waals surface area contributed by atoms with Crippen LogP contribution in [0.15, 0.2) is 249 Å². The fraction of sp³-hybridized carbons (Fsp3) is 0.383. The Bertz CT molecular complexity index is 6170. The summed E-state index contributed by atoms with van der Waals surface area (Å²) in [5.74, 6) is 3.49. The monoisotopic (exact) mass is 1910 g/mol. The smallest absolute Gasteiger partial charge is 0.336 e. The minimum Gasteiger partial charge on any atom is -0.493 e. The van der Waals surface area contributed by atoms with E-state index in [2.05, 4.69) is 138 Å². The maximum Gasteiger partial charge on any atom is 0.336 e. The summed E-state index contributed by atoms with van der Waals surface area (Å²) in [7, 11) is 0.253. The zero-order valence-electron chi connectivity index (χ0n) is 81.1. The summed E-state index contributed by atoms with van der Waals surface area (Å²) >= 11 is 1.68. The molecular weight excluding hydrogens is 1780 g/mol. The van der Waals surface area contributed by atoms with Gasteiger partial charge in [-0.1, -0.05) is 201 Å². The maximum absolute atomic E-state index is 13.1. The second-order valence-electron chi connectivity index (χ2n) is 33.7. The number of rotatable bonds is 35. The largest absolute Gasteiger partial charge is 0.493 e. The van der Waals surface area contributed by atoms with Crippen molar-refractivity contribution in [3.8, 4) is 17.2 Å². The quantitative estimate of drug-likeness (QED) is 0.00763. The van der Waals surface area contributed by atoms with Gasteiger partial charge in [0.1, 0.15) is 52.9 Å². The molecule has 5 aliphatic heterocycles. The van der Waals surface area contributed by atoms with Crippen LogP contribution in [0.1, 0.15) is 263 Å². The van der Waals surface area contributed by atoms with E-state index in [1.807, 2.05) is 160 Å². The Morgan fingerprint density at radius 1 is 0.362 bits per heavy atom. The molecule has 1 fully saturated rings. The normalized spacial score (nSPS) is 16.8. The van der Waals surface area contributed by atoms with Gasteiger partial charge in [-0.2, -0.15) is 25.5 Å². The zero-order chi connectivity index (χ0) is 97.6. The fourth-order valence-corrected chi connectivity index (χ4v) is 19.9. The Labute approximate surface area is 814 Å². The van der Waals surface area contributed by atoms with E-state index in [-0.39, 0.29) is 65.5 Å². The summed E-state index contributed by atoms with van der Waals surface area (Å²) in [5.41, 5.74) is 18.0. The number of methoxy groups -OCH3 is 1. The highest BCUT2D eigenvalue weighted by atomic mass is 32.2. The van der Waals surface area contributed by atoms with E-state index in [1.165, 1.54) is 20.0 Å². The number of fused-ring (bicyclic) bond motifs is 5. The molecule has 29 nitrogen and oxygen atoms in total. The number of H-pyrrole nitrogens is 5. The van der Waals surface area contributed by atoms with Crippen molar-refractivity contribution in [1.29, 1.82) is 0 Å². The van der Waals surface area contributed by atoms with Crippen molar-refractivity contribution >= 4 is 81.5 Å². The van der Waals surface area contributed by atoms with Crippen LogP contribution in [0.25, 0.3) is 0 Å². The van der Waals surface area contributed by atoms with Gasteiger partial charge in [-0.15, -0.1) is 11.8 Å². The Balaban J connectivity index is 0.000000146. The molecule has 6 aliphatic rings. The number of aromatic amines is 5. The summed E-state index contributed by atoms with van der Waals surface area (Å²) in [6.07, 6.45) is 27.7. The number of carbonyl (C=O) groups is 5. The van der Waals surface area contributed by atoms with Gasteiger partial charge in [0, 0.05) is 101 Å². The van der Waals surface area contributed by atoms with Crippen molar-refractivity contribution in [1.82, 2.24) is 51.0 Å². The maximum atomic E-state index is 13.1. The number of anilines is 5. The van der Waals surface area contributed by atoms with Gasteiger partial charge in [-0.3, -0.25) is 29.7 Å². The van der Waals surface area contributed by atoms with E-state index in [9.17, 15) is 28.2 Å². The molecular formula is C107H129N15O14S2. The summed E-state index contributed by atoms with van der Waals surface area (Å²) in [5, 5.41) is 52.8. The third-order valence-corrected chi connectivity index (χ3v) is 26.3. The standard InChI is InChI=1S/C25H27N3O3.C22H27N3O3.C22H29N3O3.C19H23N3O3S.C19H23N3O2S/c1-3-10-20-23(25(29)30-4-2)22(19-15-26-28-24(19)27-20)18-13-8-9-14-21(18)31-16-17-11-6-5-7-12-17;1-3-8-17-20(22(26)27-2)19(16-13-23-25-21(16)24-17)15-11-6-7-12-18(15)28-14-9-4-5-10-14;1-4-7-13-28-18-12-9-8-11-15(18)19-16-14-23-25-21(16)24-17(10-5-2)20(19)22(26)27-6-3;1-4-8-14-17(19(23)25-5-2)16(13-11-20-22-18(13)21-14)12-9-6-7-10-15(12)26(3)24;1-4-8-14-17(19(23)24-5-2)16(13-11-20-22-18(13)21-14)12-9-6-7-10-15(12)25-3/h5-9,11-15,22H,3-4,10,16H2,1-2H3,(H2,26,27,28);6-7,11-14,19H,3-5,8-10H2,1-2H3,(H2,23,24,25);8-9,11-12,14,19H,4-7,10,13H2,1-3H3,(H2,23,24,25);6-7,9-11,16H,4-5,8H2,1-3H3,(H2,20,21,22);6-7,9-11,16H,4-5,8H2,1-3H3,(H2,20,21,22). The third kappa shape index (κ3) is 23.8. The van der Waals surface area contributed by atoms with Gasteiger partial charge in [0.05, 0.1) is 134 Å². The van der Waals surface area contributed by atoms with Gasteiger partial charge in [0.25, 0.3) is 0 Å². The first-order valence-electron chi connectivity index (χ1n) is 48.2. The predicted octanol–water partition coefficient (Wildman–Crippen LogP) is 22.1. The number of carbonyl (C=O) groups excluding carboxylic acids is 5. The van der Waals surface area contributed by atoms with Crippen LogP contribution < -0.4 is 40.8 Å². The second kappa shape index (κ2) is 50.4. The highest BCUT2D eigenvalue weighted by molar-refractivity contribution is 7.98. The van der Waals surface area contributed by atoms with Gasteiger partial charge in [0.2, 0.25) is 0 Å². The van der Waals surface area contributed by atoms with Gasteiger partial charge in [-0.25, -0.2) is 24.0 Å². The Morgan fingerprint density at radius 2 is 0.674 bits per heavy atom. The molecule has 17 rings (SSSR count). The molecule has 1 aliphatic carbocycles. The molecule has 31 heteroatoms. The molecule has 0 bridgehead atoms. The molecule has 1 saturated carbocycles. The number of thioether (sulfide) groups is 1. The number of para-hydroxylation sites is 3. The topological polar surface area (TPSA) is 380 Å². The number of unbranched alkanes of at least 4 members (excludes halogenated alkanes) is 1. The van der Waals surface area contributed by atoms with Crippen LogP contribution in [0.5, 0.6) is 17.2 Å². The molecule has 0 saturated heterocycles. The van der Waals surface area contributed by atoms with E-state index >= 15 is 0 Å². The molecule has 138 heavy (non-hydrogen) atoms. The van der Waals surface area contributed by atoms with E-state index in [0.29, 0.717) is 78.8 Å². The van der Waals surface area contributed by atoms with Gasteiger partial charge >= 0.3 is 29.8 Å². The number of aromatic nitrogens is 10. The first kappa shape index (κ1) is 102. The lowest BCUT2D eigenvalue weighted by Crippen LogP contribution is -2.25. The van der Waals surface area contributed by atoms with Crippen LogP contribution in [0.2, 0.25) is 0 Å². The van der Waals surface area contributed by atoms with E-state index in [1.54, 1.807) is 55.9 Å². The lowest BCUT2D eigenvalue weighted by atomic mass is 9.81.